The van der Waals surface area contributed by atoms with E-state index in [4.69, 9.17) is 0 Å². The molecule has 1 aromatic heterocycles. The Morgan fingerprint density at radius 1 is 1.30 bits per heavy atom. The average Bonchev–Trinajstić information content (AvgIpc) is 2.55. The Bertz CT molecular complexity index is 717. The van der Waals surface area contributed by atoms with E-state index in [2.05, 4.69) is 41.2 Å². The number of aromatic nitrogens is 1. The summed E-state index contributed by atoms with van der Waals surface area (Å²) in [5, 5.41) is 9.80. The lowest BCUT2D eigenvalue weighted by Gasteiger charge is -2.36. The monoisotopic (exact) mass is 311 g/mol. The molecular formula is C18H21N3O2. The molecule has 1 atom stereocenters. The molecule has 0 bridgehead atoms. The number of nitrogens with zero attached hydrogens (tertiary/aromatic N) is 3. The summed E-state index contributed by atoms with van der Waals surface area (Å²) < 4.78 is 0. The summed E-state index contributed by atoms with van der Waals surface area (Å²) in [6.45, 7) is 1.48. The van der Waals surface area contributed by atoms with E-state index in [-0.39, 0.29) is 23.4 Å². The fourth-order valence-electron chi connectivity index (χ4n) is 3.06. The lowest BCUT2D eigenvalue weighted by Crippen LogP contribution is -2.46. The molecule has 120 valence electrons. The van der Waals surface area contributed by atoms with Crippen LogP contribution in [-0.2, 0) is 13.0 Å². The van der Waals surface area contributed by atoms with Gasteiger partial charge in [-0.2, -0.15) is 0 Å². The van der Waals surface area contributed by atoms with Crippen LogP contribution >= 0.6 is 0 Å². The first-order valence-electron chi connectivity index (χ1n) is 7.72. The molecule has 0 aliphatic carbocycles. The molecule has 2 heterocycles. The van der Waals surface area contributed by atoms with E-state index < -0.39 is 0 Å². The van der Waals surface area contributed by atoms with Crippen molar-refractivity contribution in [2.75, 3.05) is 20.6 Å². The molecule has 0 fully saturated rings. The zero-order valence-electron chi connectivity index (χ0n) is 13.4. The highest BCUT2D eigenvalue weighted by atomic mass is 16.3. The molecule has 0 spiro atoms. The molecule has 1 aliphatic rings. The van der Waals surface area contributed by atoms with Gasteiger partial charge in [-0.15, -0.1) is 0 Å². The van der Waals surface area contributed by atoms with Crippen LogP contribution in [-0.4, -0.2) is 52.5 Å². The lowest BCUT2D eigenvalue weighted by molar-refractivity contribution is 0.0724. The van der Waals surface area contributed by atoms with Crippen LogP contribution in [0.1, 0.15) is 21.6 Å². The first kappa shape index (κ1) is 15.5. The summed E-state index contributed by atoms with van der Waals surface area (Å²) in [6.07, 6.45) is 2.43. The van der Waals surface area contributed by atoms with E-state index in [0.717, 1.165) is 13.0 Å². The molecule has 0 radical (unpaired) electrons. The Kier molecular flexibility index (Phi) is 4.30. The SMILES string of the molecule is CN(CC1Cc2ccccc2CN1C)C(=O)c1ncccc1O. The molecule has 23 heavy (non-hydrogen) atoms. The van der Waals surface area contributed by atoms with Crippen molar-refractivity contribution in [3.8, 4) is 5.75 Å². The smallest absolute Gasteiger partial charge is 0.276 e. The number of carbonyl (C=O) groups excluding carboxylic acids is 1. The zero-order valence-corrected chi connectivity index (χ0v) is 13.4. The van der Waals surface area contributed by atoms with Gasteiger partial charge in [0.15, 0.2) is 5.69 Å². The molecule has 1 amide bonds. The number of likely N-dealkylation sites (N-methyl/N-ethyl adjacent to an activating group) is 2. The van der Waals surface area contributed by atoms with Gasteiger partial charge < -0.3 is 10.0 Å². The fourth-order valence-corrected chi connectivity index (χ4v) is 3.06. The first-order chi connectivity index (χ1) is 11.1. The van der Waals surface area contributed by atoms with Crippen molar-refractivity contribution in [2.24, 2.45) is 0 Å². The predicted molar refractivity (Wildman–Crippen MR) is 88.3 cm³/mol. The number of carbonyl (C=O) groups is 1. The second-order valence-corrected chi connectivity index (χ2v) is 6.10. The van der Waals surface area contributed by atoms with Crippen molar-refractivity contribution in [2.45, 2.75) is 19.0 Å². The van der Waals surface area contributed by atoms with Gasteiger partial charge in [0, 0.05) is 32.4 Å². The van der Waals surface area contributed by atoms with Crippen LogP contribution in [0.15, 0.2) is 42.6 Å². The van der Waals surface area contributed by atoms with Gasteiger partial charge in [0.25, 0.3) is 5.91 Å². The van der Waals surface area contributed by atoms with Gasteiger partial charge in [-0.1, -0.05) is 24.3 Å². The fraction of sp³-hybridized carbons (Fsp3) is 0.333. The van der Waals surface area contributed by atoms with Gasteiger partial charge in [0.05, 0.1) is 0 Å². The first-order valence-corrected chi connectivity index (χ1v) is 7.72. The Hall–Kier alpha value is -2.40. The van der Waals surface area contributed by atoms with E-state index in [1.807, 2.05) is 0 Å². The highest BCUT2D eigenvalue weighted by molar-refractivity contribution is 5.94. The number of hydrogen-bond acceptors (Lipinski definition) is 4. The number of aromatic hydroxyl groups is 1. The molecule has 1 N–H and O–H groups in total. The Morgan fingerprint density at radius 3 is 2.78 bits per heavy atom. The third-order valence-electron chi connectivity index (χ3n) is 4.44. The zero-order chi connectivity index (χ0) is 16.4. The second kappa shape index (κ2) is 6.38. The number of amides is 1. The van der Waals surface area contributed by atoms with Gasteiger partial charge in [-0.3, -0.25) is 9.69 Å². The molecule has 3 rings (SSSR count). The minimum atomic E-state index is -0.254. The summed E-state index contributed by atoms with van der Waals surface area (Å²) in [7, 11) is 3.84. The topological polar surface area (TPSA) is 56.7 Å². The van der Waals surface area contributed by atoms with E-state index in [1.54, 1.807) is 18.0 Å². The van der Waals surface area contributed by atoms with Crippen LogP contribution in [0.3, 0.4) is 0 Å². The Labute approximate surface area is 136 Å². The van der Waals surface area contributed by atoms with Crippen molar-refractivity contribution < 1.29 is 9.90 Å². The molecular weight excluding hydrogens is 290 g/mol. The van der Waals surface area contributed by atoms with Crippen LogP contribution < -0.4 is 0 Å². The third-order valence-corrected chi connectivity index (χ3v) is 4.44. The molecule has 2 aromatic rings. The quantitative estimate of drug-likeness (QED) is 0.941. The summed E-state index contributed by atoms with van der Waals surface area (Å²) in [4.78, 5) is 20.4. The van der Waals surface area contributed by atoms with Crippen molar-refractivity contribution in [1.82, 2.24) is 14.8 Å². The highest BCUT2D eigenvalue weighted by Gasteiger charge is 2.26. The predicted octanol–water partition coefficient (Wildman–Crippen LogP) is 1.92. The van der Waals surface area contributed by atoms with E-state index in [0.29, 0.717) is 6.54 Å². The van der Waals surface area contributed by atoms with E-state index in [9.17, 15) is 9.90 Å². The standard InChI is InChI=1S/C18H21N3O2/c1-20-11-14-7-4-3-6-13(14)10-15(20)12-21(2)18(23)17-16(22)8-5-9-19-17/h3-9,15,22H,10-12H2,1-2H3. The Balaban J connectivity index is 1.72. The lowest BCUT2D eigenvalue weighted by atomic mass is 9.94. The maximum Gasteiger partial charge on any atom is 0.276 e. The number of benzene rings is 1. The maximum absolute atomic E-state index is 12.5. The van der Waals surface area contributed by atoms with Crippen molar-refractivity contribution in [1.29, 1.82) is 0 Å². The van der Waals surface area contributed by atoms with Crippen molar-refractivity contribution >= 4 is 5.91 Å². The van der Waals surface area contributed by atoms with Crippen molar-refractivity contribution in [3.63, 3.8) is 0 Å². The molecule has 1 aliphatic heterocycles. The van der Waals surface area contributed by atoms with E-state index >= 15 is 0 Å². The second-order valence-electron chi connectivity index (χ2n) is 6.10. The number of hydrogen-bond donors (Lipinski definition) is 1. The number of pyridine rings is 1. The van der Waals surface area contributed by atoms with Gasteiger partial charge >= 0.3 is 0 Å². The summed E-state index contributed by atoms with van der Waals surface area (Å²) in [5.74, 6) is -0.331. The average molecular weight is 311 g/mol. The van der Waals surface area contributed by atoms with Crippen molar-refractivity contribution in [3.05, 3.63) is 59.4 Å². The summed E-state index contributed by atoms with van der Waals surface area (Å²) in [6, 6.07) is 11.8. The molecule has 5 nitrogen and oxygen atoms in total. The van der Waals surface area contributed by atoms with Crippen LogP contribution in [0.5, 0.6) is 5.75 Å². The van der Waals surface area contributed by atoms with E-state index in [1.165, 1.54) is 23.4 Å². The molecule has 5 heteroatoms. The molecule has 1 unspecified atom stereocenters. The molecule has 1 aromatic carbocycles. The Morgan fingerprint density at radius 2 is 2.04 bits per heavy atom. The minimum absolute atomic E-state index is 0.0771. The third kappa shape index (κ3) is 3.19. The largest absolute Gasteiger partial charge is 0.505 e. The maximum atomic E-state index is 12.5. The van der Waals surface area contributed by atoms with Gasteiger partial charge in [0.2, 0.25) is 0 Å². The molecule has 0 saturated heterocycles. The van der Waals surface area contributed by atoms with Crippen LogP contribution in [0, 0.1) is 0 Å². The summed E-state index contributed by atoms with van der Waals surface area (Å²) in [5.41, 5.74) is 2.80. The molecule has 0 saturated carbocycles. The minimum Gasteiger partial charge on any atom is -0.505 e. The van der Waals surface area contributed by atoms with Crippen LogP contribution in [0.4, 0.5) is 0 Å². The number of rotatable bonds is 3. The number of fused-ring (bicyclic) bond motifs is 1. The van der Waals surface area contributed by atoms with Gasteiger partial charge in [-0.05, 0) is 36.7 Å². The highest BCUT2D eigenvalue weighted by Crippen LogP contribution is 2.23. The normalized spacial score (nSPS) is 17.6. The van der Waals surface area contributed by atoms with Gasteiger partial charge in [-0.25, -0.2) is 4.98 Å². The summed E-state index contributed by atoms with van der Waals surface area (Å²) >= 11 is 0. The van der Waals surface area contributed by atoms with Crippen LogP contribution in [0.2, 0.25) is 0 Å². The van der Waals surface area contributed by atoms with Crippen LogP contribution in [0.25, 0.3) is 0 Å². The van der Waals surface area contributed by atoms with Gasteiger partial charge in [0.1, 0.15) is 5.75 Å².